The van der Waals surface area contributed by atoms with Crippen molar-refractivity contribution in [3.63, 3.8) is 0 Å². The van der Waals surface area contributed by atoms with Crippen LogP contribution in [0.5, 0.6) is 0 Å². The van der Waals surface area contributed by atoms with Crippen molar-refractivity contribution in [1.29, 1.82) is 0 Å². The Kier molecular flexibility index (Phi) is 2.65. The highest BCUT2D eigenvalue weighted by Gasteiger charge is 2.59. The molecular formula is C10H15NO4. The summed E-state index contributed by atoms with van der Waals surface area (Å²) in [5.74, 6) is -0.475. The molecule has 0 aromatic carbocycles. The zero-order chi connectivity index (χ0) is 10.9. The molecule has 0 bridgehead atoms. The van der Waals surface area contributed by atoms with Gasteiger partial charge in [0.15, 0.2) is 0 Å². The maximum absolute atomic E-state index is 12.1. The van der Waals surface area contributed by atoms with Crippen molar-refractivity contribution in [1.82, 2.24) is 4.90 Å². The minimum Gasteiger partial charge on any atom is -0.468 e. The lowest BCUT2D eigenvalue weighted by atomic mass is 10.1. The summed E-state index contributed by atoms with van der Waals surface area (Å²) < 4.78 is 9.83. The van der Waals surface area contributed by atoms with Gasteiger partial charge in [-0.2, -0.15) is 0 Å². The fraction of sp³-hybridized carbons (Fsp3) is 0.800. The molecule has 1 saturated heterocycles. The van der Waals surface area contributed by atoms with E-state index in [1.807, 2.05) is 0 Å². The van der Waals surface area contributed by atoms with Crippen molar-refractivity contribution < 1.29 is 19.1 Å². The number of carbonyl (C=O) groups excluding carboxylic acids is 2. The van der Waals surface area contributed by atoms with Gasteiger partial charge in [0, 0.05) is 13.1 Å². The topological polar surface area (TPSA) is 55.8 Å². The lowest BCUT2D eigenvalue weighted by Gasteiger charge is -2.29. The first-order valence-corrected chi connectivity index (χ1v) is 5.16. The molecule has 0 spiro atoms. The van der Waals surface area contributed by atoms with Gasteiger partial charge in [-0.15, -0.1) is 0 Å². The largest absolute Gasteiger partial charge is 0.468 e. The van der Waals surface area contributed by atoms with Gasteiger partial charge >= 0.3 is 5.97 Å². The van der Waals surface area contributed by atoms with Crippen molar-refractivity contribution >= 4 is 11.9 Å². The summed E-state index contributed by atoms with van der Waals surface area (Å²) in [4.78, 5) is 25.2. The average Bonchev–Trinajstić information content (AvgIpc) is 3.09. The molecule has 15 heavy (non-hydrogen) atoms. The van der Waals surface area contributed by atoms with E-state index in [1.165, 1.54) is 7.11 Å². The number of morpholine rings is 1. The molecule has 5 heteroatoms. The molecule has 1 amide bonds. The van der Waals surface area contributed by atoms with Gasteiger partial charge in [0.05, 0.1) is 20.3 Å². The number of carbonyl (C=O) groups is 2. The Labute approximate surface area is 88.3 Å². The zero-order valence-corrected chi connectivity index (χ0v) is 8.82. The fourth-order valence-electron chi connectivity index (χ4n) is 1.89. The van der Waals surface area contributed by atoms with Crippen molar-refractivity contribution in [2.24, 2.45) is 5.41 Å². The first-order chi connectivity index (χ1) is 7.20. The summed E-state index contributed by atoms with van der Waals surface area (Å²) >= 11 is 0. The Balaban J connectivity index is 2.03. The molecule has 2 rings (SSSR count). The van der Waals surface area contributed by atoms with Gasteiger partial charge in [-0.05, 0) is 12.8 Å². The van der Waals surface area contributed by atoms with Gasteiger partial charge in [-0.25, -0.2) is 0 Å². The summed E-state index contributed by atoms with van der Waals surface area (Å²) in [7, 11) is 1.33. The van der Waals surface area contributed by atoms with E-state index < -0.39 is 5.41 Å². The molecule has 84 valence electrons. The Morgan fingerprint density at radius 1 is 1.27 bits per heavy atom. The number of methoxy groups -OCH3 is 1. The number of hydrogen-bond acceptors (Lipinski definition) is 4. The second-order valence-electron chi connectivity index (χ2n) is 3.98. The maximum Gasteiger partial charge on any atom is 0.321 e. The number of nitrogens with zero attached hydrogens (tertiary/aromatic N) is 1. The predicted molar refractivity (Wildman–Crippen MR) is 51.1 cm³/mol. The van der Waals surface area contributed by atoms with Gasteiger partial charge in [-0.3, -0.25) is 9.59 Å². The van der Waals surface area contributed by atoms with Crippen LogP contribution in [0.25, 0.3) is 0 Å². The minimum absolute atomic E-state index is 0.0855. The molecule has 2 aliphatic rings. The number of ether oxygens (including phenoxy) is 2. The third-order valence-corrected chi connectivity index (χ3v) is 3.03. The molecule has 1 heterocycles. The van der Waals surface area contributed by atoms with E-state index in [4.69, 9.17) is 4.74 Å². The molecule has 0 aromatic heterocycles. The molecular weight excluding hydrogens is 198 g/mol. The van der Waals surface area contributed by atoms with Crippen LogP contribution < -0.4 is 0 Å². The Hall–Kier alpha value is -1.10. The van der Waals surface area contributed by atoms with Gasteiger partial charge < -0.3 is 14.4 Å². The normalized spacial score (nSPS) is 23.4. The predicted octanol–water partition coefficient (Wildman–Crippen LogP) is -0.202. The van der Waals surface area contributed by atoms with Crippen LogP contribution in [-0.4, -0.2) is 50.2 Å². The molecule has 1 aliphatic heterocycles. The van der Waals surface area contributed by atoms with Crippen LogP contribution in [0.1, 0.15) is 12.8 Å². The molecule has 0 radical (unpaired) electrons. The fourth-order valence-corrected chi connectivity index (χ4v) is 1.89. The maximum atomic E-state index is 12.1. The molecule has 2 fully saturated rings. The Morgan fingerprint density at radius 3 is 2.33 bits per heavy atom. The minimum atomic E-state index is -0.855. The van der Waals surface area contributed by atoms with E-state index in [1.54, 1.807) is 4.90 Å². The van der Waals surface area contributed by atoms with Crippen LogP contribution in [0.2, 0.25) is 0 Å². The molecule has 1 aliphatic carbocycles. The molecule has 0 unspecified atom stereocenters. The van der Waals surface area contributed by atoms with Crippen LogP contribution in [0.15, 0.2) is 0 Å². The molecule has 0 aromatic rings. The summed E-state index contributed by atoms with van der Waals surface area (Å²) in [6, 6.07) is 0. The third-order valence-electron chi connectivity index (χ3n) is 3.03. The molecule has 1 saturated carbocycles. The highest BCUT2D eigenvalue weighted by molar-refractivity contribution is 6.05. The number of esters is 1. The Morgan fingerprint density at radius 2 is 1.87 bits per heavy atom. The van der Waals surface area contributed by atoms with E-state index in [2.05, 4.69) is 4.74 Å². The number of rotatable bonds is 2. The van der Waals surface area contributed by atoms with Gasteiger partial charge in [0.25, 0.3) is 0 Å². The smallest absolute Gasteiger partial charge is 0.321 e. The van der Waals surface area contributed by atoms with Crippen LogP contribution in [0, 0.1) is 5.41 Å². The van der Waals surface area contributed by atoms with E-state index in [9.17, 15) is 9.59 Å². The number of amides is 1. The van der Waals surface area contributed by atoms with Gasteiger partial charge in [0.2, 0.25) is 5.91 Å². The Bertz CT molecular complexity index is 279. The quantitative estimate of drug-likeness (QED) is 0.471. The summed E-state index contributed by atoms with van der Waals surface area (Å²) in [6.45, 7) is 2.28. The standard InChI is InChI=1S/C10H15NO4/c1-14-9(13)10(2-3-10)8(12)11-4-6-15-7-5-11/h2-7H2,1H3. The lowest BCUT2D eigenvalue weighted by molar-refractivity contribution is -0.157. The van der Waals surface area contributed by atoms with E-state index in [0.717, 1.165) is 0 Å². The van der Waals surface area contributed by atoms with Crippen molar-refractivity contribution in [2.45, 2.75) is 12.8 Å². The van der Waals surface area contributed by atoms with Crippen molar-refractivity contribution in [2.75, 3.05) is 33.4 Å². The van der Waals surface area contributed by atoms with Crippen LogP contribution in [0.3, 0.4) is 0 Å². The van der Waals surface area contributed by atoms with E-state index in [-0.39, 0.29) is 11.9 Å². The SMILES string of the molecule is COC(=O)C1(C(=O)N2CCOCC2)CC1. The summed E-state index contributed by atoms with van der Waals surface area (Å²) in [5.41, 5.74) is -0.855. The van der Waals surface area contributed by atoms with Crippen LogP contribution in [0.4, 0.5) is 0 Å². The molecule has 5 nitrogen and oxygen atoms in total. The monoisotopic (exact) mass is 213 g/mol. The van der Waals surface area contributed by atoms with Gasteiger partial charge in [-0.1, -0.05) is 0 Å². The first-order valence-electron chi connectivity index (χ1n) is 5.16. The van der Waals surface area contributed by atoms with Crippen molar-refractivity contribution in [3.8, 4) is 0 Å². The summed E-state index contributed by atoms with van der Waals surface area (Å²) in [6.07, 6.45) is 1.24. The lowest BCUT2D eigenvalue weighted by Crippen LogP contribution is -2.46. The van der Waals surface area contributed by atoms with Crippen molar-refractivity contribution in [3.05, 3.63) is 0 Å². The van der Waals surface area contributed by atoms with E-state index in [0.29, 0.717) is 39.1 Å². The average molecular weight is 213 g/mol. The molecule has 0 atom stereocenters. The second-order valence-corrected chi connectivity index (χ2v) is 3.98. The first kappa shape index (κ1) is 10.4. The zero-order valence-electron chi connectivity index (χ0n) is 8.82. The van der Waals surface area contributed by atoms with Gasteiger partial charge in [0.1, 0.15) is 5.41 Å². The highest BCUT2D eigenvalue weighted by atomic mass is 16.5. The highest BCUT2D eigenvalue weighted by Crippen LogP contribution is 2.48. The van der Waals surface area contributed by atoms with E-state index >= 15 is 0 Å². The van der Waals surface area contributed by atoms with Crippen LogP contribution in [-0.2, 0) is 19.1 Å². The third kappa shape index (κ3) is 1.71. The number of hydrogen-bond donors (Lipinski definition) is 0. The second kappa shape index (κ2) is 3.81. The molecule has 0 N–H and O–H groups in total. The van der Waals surface area contributed by atoms with Crippen LogP contribution >= 0.6 is 0 Å². The summed E-state index contributed by atoms with van der Waals surface area (Å²) in [5, 5.41) is 0.